The number of carbonyl (C=O) groups is 1. The van der Waals surface area contributed by atoms with Crippen LogP contribution in [0.1, 0.15) is 56.6 Å². The maximum Gasteiger partial charge on any atom is 0.308 e. The van der Waals surface area contributed by atoms with Crippen LogP contribution >= 0.6 is 0 Å². The molecule has 0 heterocycles. The Kier molecular flexibility index (Phi) is 7.95. The Hall–Kier alpha value is -2.04. The molecule has 1 aliphatic carbocycles. The average Bonchev–Trinajstić information content (AvgIpc) is 2.65. The van der Waals surface area contributed by atoms with Gasteiger partial charge in [-0.3, -0.25) is 9.79 Å². The van der Waals surface area contributed by atoms with Crippen molar-refractivity contribution in [2.24, 2.45) is 10.9 Å². The quantitative estimate of drug-likeness (QED) is 0.464. The fourth-order valence-electron chi connectivity index (χ4n) is 3.47. The van der Waals surface area contributed by atoms with Crippen molar-refractivity contribution in [1.82, 2.24) is 10.6 Å². The maximum absolute atomic E-state index is 11.8. The third-order valence-electron chi connectivity index (χ3n) is 5.10. The smallest absolute Gasteiger partial charge is 0.308 e. The van der Waals surface area contributed by atoms with E-state index in [-0.39, 0.29) is 11.9 Å². The Balaban J connectivity index is 1.77. The van der Waals surface area contributed by atoms with Crippen molar-refractivity contribution in [2.75, 3.05) is 20.2 Å². The molecule has 0 aromatic heterocycles. The van der Waals surface area contributed by atoms with E-state index in [9.17, 15) is 4.79 Å². The number of rotatable bonds is 6. The van der Waals surface area contributed by atoms with Gasteiger partial charge in [-0.05, 0) is 51.0 Å². The van der Waals surface area contributed by atoms with Crippen LogP contribution in [0.15, 0.2) is 29.3 Å². The molecule has 1 aromatic rings. The fraction of sp³-hybridized carbons (Fsp3) is 0.619. The second-order valence-electron chi connectivity index (χ2n) is 7.21. The number of ether oxygens (including phenoxy) is 1. The number of carbonyl (C=O) groups excluding carboxylic acids is 1. The molecule has 1 unspecified atom stereocenters. The van der Waals surface area contributed by atoms with Gasteiger partial charge in [0.2, 0.25) is 0 Å². The summed E-state index contributed by atoms with van der Waals surface area (Å²) in [5, 5.41) is 6.94. The van der Waals surface area contributed by atoms with E-state index in [1.54, 1.807) is 7.05 Å². The van der Waals surface area contributed by atoms with Gasteiger partial charge >= 0.3 is 5.97 Å². The Morgan fingerprint density at radius 1 is 1.31 bits per heavy atom. The molecule has 1 atom stereocenters. The lowest BCUT2D eigenvalue weighted by Gasteiger charge is -2.29. The number of hydrogen-bond acceptors (Lipinski definition) is 3. The van der Waals surface area contributed by atoms with E-state index in [2.05, 4.69) is 53.7 Å². The van der Waals surface area contributed by atoms with Crippen LogP contribution in [0.4, 0.5) is 0 Å². The highest BCUT2D eigenvalue weighted by atomic mass is 16.5. The molecule has 1 saturated carbocycles. The predicted octanol–water partition coefficient (Wildman–Crippen LogP) is 3.39. The largest absolute Gasteiger partial charge is 0.466 e. The fourth-order valence-corrected chi connectivity index (χ4v) is 3.47. The summed E-state index contributed by atoms with van der Waals surface area (Å²) in [6.45, 7) is 7.50. The number of nitrogens with zero attached hydrogens (tertiary/aromatic N) is 1. The van der Waals surface area contributed by atoms with Gasteiger partial charge in [0.05, 0.1) is 12.5 Å². The molecule has 5 heteroatoms. The number of benzene rings is 1. The monoisotopic (exact) mass is 359 g/mol. The van der Waals surface area contributed by atoms with Crippen molar-refractivity contribution in [1.29, 1.82) is 0 Å². The van der Waals surface area contributed by atoms with Gasteiger partial charge in [-0.2, -0.15) is 0 Å². The third kappa shape index (κ3) is 6.04. The van der Waals surface area contributed by atoms with Crippen LogP contribution in [0.2, 0.25) is 0 Å². The summed E-state index contributed by atoms with van der Waals surface area (Å²) in [5.74, 6) is 1.27. The lowest BCUT2D eigenvalue weighted by molar-refractivity contribution is -0.149. The first-order chi connectivity index (χ1) is 12.5. The molecular weight excluding hydrogens is 326 g/mol. The molecule has 0 saturated heterocycles. The third-order valence-corrected chi connectivity index (χ3v) is 5.10. The summed E-state index contributed by atoms with van der Waals surface area (Å²) in [7, 11) is 1.80. The lowest BCUT2D eigenvalue weighted by atomic mass is 9.86. The van der Waals surface area contributed by atoms with Crippen molar-refractivity contribution in [3.63, 3.8) is 0 Å². The van der Waals surface area contributed by atoms with E-state index in [4.69, 9.17) is 4.74 Å². The van der Waals surface area contributed by atoms with Crippen molar-refractivity contribution >= 4 is 11.9 Å². The van der Waals surface area contributed by atoms with Crippen LogP contribution in [0, 0.1) is 12.8 Å². The highest BCUT2D eigenvalue weighted by molar-refractivity contribution is 5.80. The van der Waals surface area contributed by atoms with Crippen molar-refractivity contribution in [2.45, 2.75) is 58.4 Å². The zero-order valence-corrected chi connectivity index (χ0v) is 16.5. The number of aliphatic imine (C=N–C) groups is 1. The summed E-state index contributed by atoms with van der Waals surface area (Å²) >= 11 is 0. The predicted molar refractivity (Wildman–Crippen MR) is 106 cm³/mol. The molecule has 26 heavy (non-hydrogen) atoms. The Bertz CT molecular complexity index is 607. The Morgan fingerprint density at radius 3 is 2.65 bits per heavy atom. The molecule has 0 aliphatic heterocycles. The van der Waals surface area contributed by atoms with Gasteiger partial charge in [0.25, 0.3) is 0 Å². The lowest BCUT2D eigenvalue weighted by Crippen LogP contribution is -2.46. The zero-order chi connectivity index (χ0) is 18.9. The molecule has 0 amide bonds. The minimum atomic E-state index is -0.0413. The summed E-state index contributed by atoms with van der Waals surface area (Å²) in [6, 6.07) is 9.00. The standard InChI is InChI=1S/C21H33N3O2/c1-5-26-20(25)17-9-11-19(12-10-17)24-21(22-4)23-14-16(3)18-8-6-7-15(2)13-18/h6-8,13,16-17,19H,5,9-12,14H2,1-4H3,(H2,22,23,24). The van der Waals surface area contributed by atoms with Gasteiger partial charge in [-0.25, -0.2) is 0 Å². The molecule has 5 nitrogen and oxygen atoms in total. The maximum atomic E-state index is 11.8. The SMILES string of the molecule is CCOC(=O)C1CCC(NC(=NC)NCC(C)c2cccc(C)c2)CC1. The van der Waals surface area contributed by atoms with Crippen LogP contribution in [-0.4, -0.2) is 38.2 Å². The van der Waals surface area contributed by atoms with Gasteiger partial charge in [0.15, 0.2) is 5.96 Å². The molecule has 1 fully saturated rings. The number of esters is 1. The van der Waals surface area contributed by atoms with Gasteiger partial charge in [0, 0.05) is 19.6 Å². The first kappa shape index (κ1) is 20.3. The highest BCUT2D eigenvalue weighted by Crippen LogP contribution is 2.25. The number of nitrogens with one attached hydrogen (secondary N) is 2. The molecular formula is C21H33N3O2. The van der Waals surface area contributed by atoms with Crippen molar-refractivity contribution < 1.29 is 9.53 Å². The normalized spacial score (nSPS) is 21.8. The first-order valence-electron chi connectivity index (χ1n) is 9.73. The van der Waals surface area contributed by atoms with E-state index >= 15 is 0 Å². The van der Waals surface area contributed by atoms with E-state index in [1.807, 2.05) is 6.92 Å². The molecule has 2 rings (SSSR count). The molecule has 1 aliphatic rings. The number of aryl methyl sites for hydroxylation is 1. The first-order valence-corrected chi connectivity index (χ1v) is 9.73. The minimum absolute atomic E-state index is 0.0413. The molecule has 0 bridgehead atoms. The van der Waals surface area contributed by atoms with Gasteiger partial charge in [-0.15, -0.1) is 0 Å². The van der Waals surface area contributed by atoms with Gasteiger partial charge < -0.3 is 15.4 Å². The van der Waals surface area contributed by atoms with Gasteiger partial charge in [-0.1, -0.05) is 36.8 Å². The van der Waals surface area contributed by atoms with Gasteiger partial charge in [0.1, 0.15) is 0 Å². The number of hydrogen-bond donors (Lipinski definition) is 2. The molecule has 0 radical (unpaired) electrons. The zero-order valence-electron chi connectivity index (χ0n) is 16.5. The van der Waals surface area contributed by atoms with Crippen LogP contribution in [0.25, 0.3) is 0 Å². The molecule has 144 valence electrons. The number of guanidine groups is 1. The second-order valence-corrected chi connectivity index (χ2v) is 7.21. The summed E-state index contributed by atoms with van der Waals surface area (Å²) in [4.78, 5) is 16.2. The summed E-state index contributed by atoms with van der Waals surface area (Å²) in [5.41, 5.74) is 2.62. The van der Waals surface area contributed by atoms with E-state index in [0.717, 1.165) is 38.2 Å². The molecule has 1 aromatic carbocycles. The average molecular weight is 360 g/mol. The Labute approximate surface area is 157 Å². The molecule has 2 N–H and O–H groups in total. The van der Waals surface area contributed by atoms with Crippen molar-refractivity contribution in [3.8, 4) is 0 Å². The topological polar surface area (TPSA) is 62.7 Å². The highest BCUT2D eigenvalue weighted by Gasteiger charge is 2.27. The van der Waals surface area contributed by atoms with E-state index in [1.165, 1.54) is 11.1 Å². The summed E-state index contributed by atoms with van der Waals surface area (Å²) < 4.78 is 5.14. The molecule has 0 spiro atoms. The van der Waals surface area contributed by atoms with Crippen LogP contribution in [0.3, 0.4) is 0 Å². The minimum Gasteiger partial charge on any atom is -0.466 e. The van der Waals surface area contributed by atoms with Crippen LogP contribution in [-0.2, 0) is 9.53 Å². The van der Waals surface area contributed by atoms with E-state index < -0.39 is 0 Å². The summed E-state index contributed by atoms with van der Waals surface area (Å²) in [6.07, 6.45) is 3.70. The van der Waals surface area contributed by atoms with Crippen LogP contribution in [0.5, 0.6) is 0 Å². The second kappa shape index (κ2) is 10.2. The van der Waals surface area contributed by atoms with Crippen molar-refractivity contribution in [3.05, 3.63) is 35.4 Å². The van der Waals surface area contributed by atoms with Crippen LogP contribution < -0.4 is 10.6 Å². The Morgan fingerprint density at radius 2 is 2.04 bits per heavy atom. The van der Waals surface area contributed by atoms with E-state index in [0.29, 0.717) is 18.6 Å².